The molecule has 140 valence electrons. The molecule has 2 aromatic carbocycles. The van der Waals surface area contributed by atoms with Crippen molar-refractivity contribution in [1.29, 1.82) is 0 Å². The predicted octanol–water partition coefficient (Wildman–Crippen LogP) is 3.45. The van der Waals surface area contributed by atoms with Crippen molar-refractivity contribution in [3.05, 3.63) is 89.3 Å². The van der Waals surface area contributed by atoms with Crippen LogP contribution in [-0.4, -0.2) is 11.7 Å². The molecule has 2 rings (SSSR count). The van der Waals surface area contributed by atoms with E-state index in [1.807, 2.05) is 55.5 Å². The molecule has 0 aliphatic rings. The van der Waals surface area contributed by atoms with Crippen molar-refractivity contribution < 1.29 is 4.79 Å². The number of hydrogen-bond acceptors (Lipinski definition) is 3. The van der Waals surface area contributed by atoms with E-state index in [0.717, 1.165) is 22.4 Å². The Balaban J connectivity index is 1.95. The molecule has 0 spiro atoms. The van der Waals surface area contributed by atoms with E-state index in [0.29, 0.717) is 30.1 Å². The topological polar surface area (TPSA) is 93.5 Å². The largest absolute Gasteiger partial charge is 0.402 e. The average Bonchev–Trinajstić information content (AvgIpc) is 2.57. The minimum absolute atomic E-state index is 0.0414. The second kappa shape index (κ2) is 9.38. The number of hydrogen-bond donors (Lipinski definition) is 3. The van der Waals surface area contributed by atoms with Gasteiger partial charge in [-0.05, 0) is 48.7 Å². The fourth-order valence-electron chi connectivity index (χ4n) is 2.62. The summed E-state index contributed by atoms with van der Waals surface area (Å²) in [5.74, 6) is 0.292. The minimum Gasteiger partial charge on any atom is -0.402 e. The van der Waals surface area contributed by atoms with Crippen molar-refractivity contribution in [2.45, 2.75) is 26.7 Å². The Hall–Kier alpha value is -3.34. The first-order chi connectivity index (χ1) is 12.8. The molecule has 5 N–H and O–H groups in total. The van der Waals surface area contributed by atoms with E-state index < -0.39 is 0 Å². The summed E-state index contributed by atoms with van der Waals surface area (Å²) in [5, 5.41) is 2.92. The van der Waals surface area contributed by atoms with Crippen molar-refractivity contribution in [3.63, 3.8) is 0 Å². The Morgan fingerprint density at radius 3 is 2.41 bits per heavy atom. The van der Waals surface area contributed by atoms with Crippen LogP contribution in [0.2, 0.25) is 0 Å². The lowest BCUT2D eigenvalue weighted by Crippen LogP contribution is -2.15. The zero-order chi connectivity index (χ0) is 19.8. The molecule has 0 aliphatic carbocycles. The first kappa shape index (κ1) is 20.0. The normalized spacial score (nSPS) is 11.9. The van der Waals surface area contributed by atoms with Gasteiger partial charge in [0.15, 0.2) is 0 Å². The molecule has 1 amide bonds. The maximum Gasteiger partial charge on any atom is 0.228 e. The average molecular weight is 362 g/mol. The molecule has 5 heteroatoms. The van der Waals surface area contributed by atoms with Gasteiger partial charge in [-0.2, -0.15) is 0 Å². The molecule has 0 saturated heterocycles. The van der Waals surface area contributed by atoms with Crippen molar-refractivity contribution in [1.82, 2.24) is 0 Å². The van der Waals surface area contributed by atoms with Crippen molar-refractivity contribution >= 4 is 17.4 Å². The van der Waals surface area contributed by atoms with Crippen LogP contribution in [0.3, 0.4) is 0 Å². The molecular formula is C22H26N4O. The molecule has 0 aliphatic heterocycles. The quantitative estimate of drug-likeness (QED) is 0.520. The summed E-state index contributed by atoms with van der Waals surface area (Å²) >= 11 is 0. The first-order valence-corrected chi connectivity index (χ1v) is 8.72. The van der Waals surface area contributed by atoms with Gasteiger partial charge in [-0.15, -0.1) is 0 Å². The van der Waals surface area contributed by atoms with Gasteiger partial charge >= 0.3 is 0 Å². The number of nitrogens with two attached hydrogens (primary N) is 2. The van der Waals surface area contributed by atoms with Crippen LogP contribution in [0.1, 0.15) is 23.6 Å². The third kappa shape index (κ3) is 6.82. The Labute approximate surface area is 160 Å². The van der Waals surface area contributed by atoms with E-state index in [9.17, 15) is 4.79 Å². The molecule has 0 saturated carbocycles. The maximum absolute atomic E-state index is 12.2. The number of aliphatic imine (C=N–C) groups is 1. The maximum atomic E-state index is 12.2. The number of carbonyl (C=O) groups is 1. The number of carbonyl (C=O) groups excluding carboxylic acids is 1. The van der Waals surface area contributed by atoms with E-state index in [1.54, 1.807) is 13.0 Å². The third-order valence-electron chi connectivity index (χ3n) is 3.91. The molecule has 0 aromatic heterocycles. The summed E-state index contributed by atoms with van der Waals surface area (Å²) in [6.45, 7) is 7.45. The van der Waals surface area contributed by atoms with Crippen molar-refractivity contribution in [2.24, 2.45) is 16.5 Å². The van der Waals surface area contributed by atoms with Gasteiger partial charge in [0.1, 0.15) is 5.84 Å². The van der Waals surface area contributed by atoms with Gasteiger partial charge in [-0.1, -0.05) is 43.0 Å². The summed E-state index contributed by atoms with van der Waals surface area (Å²) < 4.78 is 0. The lowest BCUT2D eigenvalue weighted by Gasteiger charge is -2.08. The Bertz CT molecular complexity index is 879. The third-order valence-corrected chi connectivity index (χ3v) is 3.91. The highest BCUT2D eigenvalue weighted by Crippen LogP contribution is 2.13. The number of aryl methyl sites for hydroxylation is 1. The molecule has 0 fully saturated rings. The van der Waals surface area contributed by atoms with Crippen LogP contribution in [-0.2, 0) is 17.6 Å². The highest BCUT2D eigenvalue weighted by molar-refractivity contribution is 5.93. The molecule has 0 heterocycles. The zero-order valence-corrected chi connectivity index (χ0v) is 15.8. The van der Waals surface area contributed by atoms with E-state index in [2.05, 4.69) is 16.9 Å². The molecule has 2 aromatic rings. The predicted molar refractivity (Wildman–Crippen MR) is 112 cm³/mol. The highest BCUT2D eigenvalue weighted by atomic mass is 16.1. The SMILES string of the molecule is C=C(C)N=C(N)/C=C(\N)Cc1ccc(NC(=O)Cc2ccccc2C)cc1. The smallest absolute Gasteiger partial charge is 0.228 e. The van der Waals surface area contributed by atoms with Gasteiger partial charge in [0.25, 0.3) is 0 Å². The monoisotopic (exact) mass is 362 g/mol. The zero-order valence-electron chi connectivity index (χ0n) is 15.8. The number of amidine groups is 1. The van der Waals surface area contributed by atoms with Crippen LogP contribution >= 0.6 is 0 Å². The summed E-state index contributed by atoms with van der Waals surface area (Å²) in [6.07, 6.45) is 2.53. The number of allylic oxidation sites excluding steroid dienone is 2. The first-order valence-electron chi connectivity index (χ1n) is 8.72. The Kier molecular flexibility index (Phi) is 6.94. The lowest BCUT2D eigenvalue weighted by atomic mass is 10.1. The summed E-state index contributed by atoms with van der Waals surface area (Å²) in [6, 6.07) is 15.5. The standard InChI is InChI=1S/C22H26N4O/c1-15(2)25-21(24)14-19(23)12-17-8-10-20(11-9-17)26-22(27)13-18-7-5-4-6-16(18)3/h4-11,14H,1,12-13,23H2,2-3H3,(H2,24,25)(H,26,27)/b19-14-. The molecule has 0 bridgehead atoms. The molecular weight excluding hydrogens is 336 g/mol. The number of amides is 1. The van der Waals surface area contributed by atoms with Gasteiger partial charge < -0.3 is 16.8 Å². The second-order valence-electron chi connectivity index (χ2n) is 6.52. The molecule has 5 nitrogen and oxygen atoms in total. The second-order valence-corrected chi connectivity index (χ2v) is 6.52. The molecule has 0 atom stereocenters. The Morgan fingerprint density at radius 1 is 1.11 bits per heavy atom. The van der Waals surface area contributed by atoms with E-state index in [-0.39, 0.29) is 5.91 Å². The number of anilines is 1. The van der Waals surface area contributed by atoms with Crippen LogP contribution in [0, 0.1) is 6.92 Å². The van der Waals surface area contributed by atoms with Crippen LogP contribution in [0.25, 0.3) is 0 Å². The van der Waals surface area contributed by atoms with Gasteiger partial charge in [0.05, 0.1) is 6.42 Å². The summed E-state index contributed by atoms with van der Waals surface area (Å²) in [4.78, 5) is 16.3. The number of nitrogens with zero attached hydrogens (tertiary/aromatic N) is 1. The molecule has 0 radical (unpaired) electrons. The lowest BCUT2D eigenvalue weighted by molar-refractivity contribution is -0.115. The van der Waals surface area contributed by atoms with Gasteiger partial charge in [-0.3, -0.25) is 4.79 Å². The van der Waals surface area contributed by atoms with E-state index in [1.165, 1.54) is 0 Å². The fraction of sp³-hybridized carbons (Fsp3) is 0.182. The molecule has 0 unspecified atom stereocenters. The van der Waals surface area contributed by atoms with E-state index in [4.69, 9.17) is 11.5 Å². The van der Waals surface area contributed by atoms with Gasteiger partial charge in [-0.25, -0.2) is 4.99 Å². The number of benzene rings is 2. The summed E-state index contributed by atoms with van der Waals surface area (Å²) in [5.41, 5.74) is 16.9. The van der Waals surface area contributed by atoms with Crippen molar-refractivity contribution in [2.75, 3.05) is 5.32 Å². The van der Waals surface area contributed by atoms with Crippen molar-refractivity contribution in [3.8, 4) is 0 Å². The highest BCUT2D eigenvalue weighted by Gasteiger charge is 2.06. The fourth-order valence-corrected chi connectivity index (χ4v) is 2.62. The van der Waals surface area contributed by atoms with Crippen LogP contribution in [0.5, 0.6) is 0 Å². The van der Waals surface area contributed by atoms with Crippen LogP contribution in [0.4, 0.5) is 5.69 Å². The molecule has 27 heavy (non-hydrogen) atoms. The van der Waals surface area contributed by atoms with Gasteiger partial charge in [0, 0.05) is 23.5 Å². The van der Waals surface area contributed by atoms with Gasteiger partial charge in [0.2, 0.25) is 5.91 Å². The minimum atomic E-state index is -0.0414. The van der Waals surface area contributed by atoms with E-state index >= 15 is 0 Å². The number of rotatable bonds is 7. The van der Waals surface area contributed by atoms with Crippen LogP contribution in [0.15, 0.2) is 77.6 Å². The summed E-state index contributed by atoms with van der Waals surface area (Å²) in [7, 11) is 0. The van der Waals surface area contributed by atoms with Crippen LogP contribution < -0.4 is 16.8 Å². The Morgan fingerprint density at radius 2 is 1.78 bits per heavy atom. The number of nitrogens with one attached hydrogen (secondary N) is 1.